The summed E-state index contributed by atoms with van der Waals surface area (Å²) >= 11 is 12.2. The van der Waals surface area contributed by atoms with Crippen LogP contribution in [-0.2, 0) is 0 Å². The normalized spacial score (nSPS) is 10.8. The molecule has 0 unspecified atom stereocenters. The minimum atomic E-state index is 0.342. The molecule has 3 nitrogen and oxygen atoms in total. The van der Waals surface area contributed by atoms with Gasteiger partial charge in [0.1, 0.15) is 16.6 Å². The fourth-order valence-corrected chi connectivity index (χ4v) is 2.31. The Bertz CT molecular complexity index is 612. The molecule has 1 heterocycles. The lowest BCUT2D eigenvalue weighted by Crippen LogP contribution is -2.01. The number of benzene rings is 1. The van der Waals surface area contributed by atoms with E-state index in [-0.39, 0.29) is 0 Å². The van der Waals surface area contributed by atoms with Crippen LogP contribution in [0.5, 0.6) is 11.6 Å². The Labute approximate surface area is 135 Å². The molecule has 0 aliphatic carbocycles. The maximum absolute atomic E-state index is 6.13. The van der Waals surface area contributed by atoms with Crippen molar-refractivity contribution in [1.82, 2.24) is 4.98 Å². The van der Waals surface area contributed by atoms with Crippen LogP contribution in [0.15, 0.2) is 30.3 Å². The van der Waals surface area contributed by atoms with E-state index in [0.29, 0.717) is 33.4 Å². The van der Waals surface area contributed by atoms with Crippen LogP contribution in [-0.4, -0.2) is 11.5 Å². The fraction of sp³-hybridized carbons (Fsp3) is 0.312. The van der Waals surface area contributed by atoms with Gasteiger partial charge in [-0.1, -0.05) is 49.2 Å². The molecule has 21 heavy (non-hydrogen) atoms. The van der Waals surface area contributed by atoms with E-state index < -0.39 is 0 Å². The van der Waals surface area contributed by atoms with Crippen LogP contribution in [0.4, 0.5) is 5.82 Å². The summed E-state index contributed by atoms with van der Waals surface area (Å²) < 4.78 is 5.74. The monoisotopic (exact) mass is 324 g/mol. The van der Waals surface area contributed by atoms with E-state index in [2.05, 4.69) is 24.1 Å². The number of halogens is 2. The maximum Gasteiger partial charge on any atom is 0.240 e. The van der Waals surface area contributed by atoms with Crippen LogP contribution in [0, 0.1) is 0 Å². The highest BCUT2D eigenvalue weighted by atomic mass is 35.5. The number of hydrogen-bond donors (Lipinski definition) is 1. The Morgan fingerprint density at radius 3 is 2.38 bits per heavy atom. The minimum absolute atomic E-state index is 0.342. The third-order valence-electron chi connectivity index (χ3n) is 3.00. The molecule has 0 aliphatic heterocycles. The third-order valence-corrected chi connectivity index (χ3v) is 3.56. The number of hydrogen-bond acceptors (Lipinski definition) is 3. The van der Waals surface area contributed by atoms with E-state index in [0.717, 1.165) is 6.54 Å². The lowest BCUT2D eigenvalue weighted by molar-refractivity contribution is 0.463. The zero-order chi connectivity index (χ0) is 15.4. The first-order chi connectivity index (χ1) is 10.0. The highest BCUT2D eigenvalue weighted by Crippen LogP contribution is 2.33. The van der Waals surface area contributed by atoms with Crippen molar-refractivity contribution in [3.05, 3.63) is 45.9 Å². The summed E-state index contributed by atoms with van der Waals surface area (Å²) in [4.78, 5) is 4.32. The van der Waals surface area contributed by atoms with Gasteiger partial charge in [-0.3, -0.25) is 0 Å². The first-order valence-electron chi connectivity index (χ1n) is 6.89. The van der Waals surface area contributed by atoms with Gasteiger partial charge in [0.2, 0.25) is 5.88 Å². The Morgan fingerprint density at radius 1 is 1.14 bits per heavy atom. The lowest BCUT2D eigenvalue weighted by Gasteiger charge is -2.11. The van der Waals surface area contributed by atoms with Crippen molar-refractivity contribution in [2.24, 2.45) is 0 Å². The van der Waals surface area contributed by atoms with Crippen molar-refractivity contribution in [3.63, 3.8) is 0 Å². The maximum atomic E-state index is 6.13. The predicted octanol–water partition coefficient (Wildman–Crippen LogP) is 5.74. The van der Waals surface area contributed by atoms with E-state index >= 15 is 0 Å². The molecule has 0 amide bonds. The Hall–Kier alpha value is -1.45. The molecular formula is C16H18Cl2N2O. The Morgan fingerprint density at radius 2 is 1.81 bits per heavy atom. The standard InChI is InChI=1S/C16H18Cl2N2O/c1-4-19-15-13(17)9-14(18)16(20-15)21-12-7-5-11(6-8-12)10(2)3/h5-10H,4H2,1-3H3,(H,19,20). The van der Waals surface area contributed by atoms with Gasteiger partial charge in [-0.25, -0.2) is 0 Å². The van der Waals surface area contributed by atoms with E-state index in [9.17, 15) is 0 Å². The predicted molar refractivity (Wildman–Crippen MR) is 89.0 cm³/mol. The van der Waals surface area contributed by atoms with Crippen LogP contribution in [0.3, 0.4) is 0 Å². The Balaban J connectivity index is 2.24. The smallest absolute Gasteiger partial charge is 0.240 e. The molecule has 0 atom stereocenters. The van der Waals surface area contributed by atoms with Gasteiger partial charge in [-0.05, 0) is 36.6 Å². The van der Waals surface area contributed by atoms with E-state index in [1.165, 1.54) is 5.56 Å². The number of aromatic nitrogens is 1. The van der Waals surface area contributed by atoms with Crippen LogP contribution < -0.4 is 10.1 Å². The molecule has 5 heteroatoms. The average molecular weight is 325 g/mol. The molecule has 0 saturated heterocycles. The first kappa shape index (κ1) is 15.9. The van der Waals surface area contributed by atoms with Gasteiger partial charge in [0, 0.05) is 6.54 Å². The van der Waals surface area contributed by atoms with Crippen molar-refractivity contribution in [2.75, 3.05) is 11.9 Å². The van der Waals surface area contributed by atoms with Crippen LogP contribution >= 0.6 is 23.2 Å². The van der Waals surface area contributed by atoms with Gasteiger partial charge in [-0.2, -0.15) is 4.98 Å². The largest absolute Gasteiger partial charge is 0.437 e. The molecule has 0 radical (unpaired) electrons. The SMILES string of the molecule is CCNc1nc(Oc2ccc(C(C)C)cc2)c(Cl)cc1Cl. The topological polar surface area (TPSA) is 34.2 Å². The number of pyridine rings is 1. The zero-order valence-corrected chi connectivity index (χ0v) is 13.8. The number of nitrogens with zero attached hydrogens (tertiary/aromatic N) is 1. The molecule has 0 fully saturated rings. The second kappa shape index (κ2) is 7.01. The van der Waals surface area contributed by atoms with Gasteiger partial charge in [-0.15, -0.1) is 0 Å². The van der Waals surface area contributed by atoms with E-state index in [1.807, 2.05) is 31.2 Å². The van der Waals surface area contributed by atoms with Gasteiger partial charge in [0.15, 0.2) is 0 Å². The van der Waals surface area contributed by atoms with Gasteiger partial charge in [0.05, 0.1) is 5.02 Å². The third kappa shape index (κ3) is 4.02. The van der Waals surface area contributed by atoms with Crippen molar-refractivity contribution >= 4 is 29.0 Å². The number of rotatable bonds is 5. The molecule has 0 bridgehead atoms. The number of nitrogens with one attached hydrogen (secondary N) is 1. The molecule has 1 aromatic heterocycles. The molecule has 0 spiro atoms. The van der Waals surface area contributed by atoms with E-state index in [4.69, 9.17) is 27.9 Å². The molecule has 2 aromatic rings. The second-order valence-corrected chi connectivity index (χ2v) is 5.78. The zero-order valence-electron chi connectivity index (χ0n) is 12.3. The molecule has 1 N–H and O–H groups in total. The lowest BCUT2D eigenvalue weighted by atomic mass is 10.0. The first-order valence-corrected chi connectivity index (χ1v) is 7.64. The van der Waals surface area contributed by atoms with Crippen molar-refractivity contribution < 1.29 is 4.74 Å². The minimum Gasteiger partial charge on any atom is -0.437 e. The summed E-state index contributed by atoms with van der Waals surface area (Å²) in [5.41, 5.74) is 1.26. The summed E-state index contributed by atoms with van der Waals surface area (Å²) in [7, 11) is 0. The van der Waals surface area contributed by atoms with Crippen LogP contribution in [0.25, 0.3) is 0 Å². The molecule has 1 aromatic carbocycles. The van der Waals surface area contributed by atoms with Crippen molar-refractivity contribution in [1.29, 1.82) is 0 Å². The van der Waals surface area contributed by atoms with E-state index in [1.54, 1.807) is 6.07 Å². The highest BCUT2D eigenvalue weighted by molar-refractivity contribution is 6.36. The highest BCUT2D eigenvalue weighted by Gasteiger charge is 2.11. The molecule has 112 valence electrons. The number of anilines is 1. The summed E-state index contributed by atoms with van der Waals surface area (Å²) in [6.07, 6.45) is 0. The summed E-state index contributed by atoms with van der Waals surface area (Å²) in [5.74, 6) is 2.09. The average Bonchev–Trinajstić information content (AvgIpc) is 2.45. The van der Waals surface area contributed by atoms with Gasteiger partial charge >= 0.3 is 0 Å². The van der Waals surface area contributed by atoms with Crippen LogP contribution in [0.1, 0.15) is 32.3 Å². The fourth-order valence-electron chi connectivity index (χ4n) is 1.85. The van der Waals surface area contributed by atoms with Gasteiger partial charge < -0.3 is 10.1 Å². The van der Waals surface area contributed by atoms with Crippen molar-refractivity contribution in [2.45, 2.75) is 26.7 Å². The second-order valence-electron chi connectivity index (χ2n) is 4.96. The molecule has 0 aliphatic rings. The van der Waals surface area contributed by atoms with Gasteiger partial charge in [0.25, 0.3) is 0 Å². The Kier molecular flexibility index (Phi) is 5.32. The van der Waals surface area contributed by atoms with Crippen molar-refractivity contribution in [3.8, 4) is 11.6 Å². The molecule has 2 rings (SSSR count). The molecule has 0 saturated carbocycles. The summed E-state index contributed by atoms with van der Waals surface area (Å²) in [6, 6.07) is 9.53. The molecular weight excluding hydrogens is 307 g/mol. The van der Waals surface area contributed by atoms with Crippen LogP contribution in [0.2, 0.25) is 10.0 Å². The summed E-state index contributed by atoms with van der Waals surface area (Å²) in [6.45, 7) is 6.99. The number of ether oxygens (including phenoxy) is 1. The summed E-state index contributed by atoms with van der Waals surface area (Å²) in [5, 5.41) is 3.93. The quantitative estimate of drug-likeness (QED) is 0.761.